The van der Waals surface area contributed by atoms with Crippen molar-refractivity contribution in [2.45, 2.75) is 30.6 Å². The Morgan fingerprint density at radius 3 is 2.44 bits per heavy atom. The molecule has 10 heteroatoms. The van der Waals surface area contributed by atoms with Gasteiger partial charge in [0.1, 0.15) is 22.9 Å². The summed E-state index contributed by atoms with van der Waals surface area (Å²) in [6.45, 7) is 0.924. The Kier molecular flexibility index (Phi) is 3.41. The van der Waals surface area contributed by atoms with E-state index in [1.165, 1.54) is 14.1 Å². The number of amides is 1. The van der Waals surface area contributed by atoms with E-state index in [-0.39, 0.29) is 0 Å². The Hall–Kier alpha value is -3.21. The smallest absolute Gasteiger partial charge is 0.302 e. The van der Waals surface area contributed by atoms with E-state index in [2.05, 4.69) is 0 Å². The number of likely N-dealkylation sites (N-methyl/N-ethyl adjacent to an activating group) is 1. The summed E-state index contributed by atoms with van der Waals surface area (Å²) in [7, 11) is 2.34. The molecule has 0 saturated carbocycles. The topological polar surface area (TPSA) is 178 Å². The third-order valence-electron chi connectivity index (χ3n) is 6.28. The van der Waals surface area contributed by atoms with Gasteiger partial charge in [0.05, 0.1) is 22.7 Å². The number of rotatable bonds is 2. The van der Waals surface area contributed by atoms with Crippen LogP contribution in [0.5, 0.6) is 0 Å². The molecule has 0 aliphatic heterocycles. The number of ketones is 2. The number of allylic oxidation sites excluding steroid dienone is 4. The number of nitrogens with zero attached hydrogens (tertiary/aromatic N) is 2. The van der Waals surface area contributed by atoms with Crippen LogP contribution in [0, 0.1) is 11.8 Å². The number of aliphatic hydroxyl groups is 5. The van der Waals surface area contributed by atoms with Gasteiger partial charge in [-0.1, -0.05) is 12.1 Å². The summed E-state index contributed by atoms with van der Waals surface area (Å²) in [5.74, 6) is -13.9. The Balaban J connectivity index is 2.23. The Bertz CT molecular complexity index is 1390. The third kappa shape index (κ3) is 2.48. The Morgan fingerprint density at radius 1 is 1.25 bits per heavy atom. The molecule has 4 aliphatic carbocycles. The molecule has 0 fully saturated rings. The second-order valence-corrected chi connectivity index (χ2v) is 8.24. The number of fused-ring (bicyclic) bond motifs is 3. The lowest BCUT2D eigenvalue weighted by atomic mass is 9.55. The lowest BCUT2D eigenvalue weighted by Gasteiger charge is -2.53. The predicted octanol–water partition coefficient (Wildman–Crippen LogP) is -0.272. The summed E-state index contributed by atoms with van der Waals surface area (Å²) >= 11 is 0. The van der Waals surface area contributed by atoms with Crippen molar-refractivity contribution in [2.75, 3.05) is 14.1 Å². The molecule has 0 bridgehead atoms. The quantitative estimate of drug-likeness (QED) is 0.356. The summed E-state index contributed by atoms with van der Waals surface area (Å²) in [4.78, 5) is 38.8. The summed E-state index contributed by atoms with van der Waals surface area (Å²) in [6.07, 6.45) is -0.993. The van der Waals surface area contributed by atoms with Gasteiger partial charge in [-0.3, -0.25) is 19.3 Å². The van der Waals surface area contributed by atoms with Crippen molar-refractivity contribution in [2.24, 2.45) is 11.8 Å². The van der Waals surface area contributed by atoms with Crippen LogP contribution in [0.3, 0.4) is 0 Å². The number of Topliss-reactive ketones (excluding diaryl/α,β-unsaturated/α-hetero) is 1. The van der Waals surface area contributed by atoms with Crippen molar-refractivity contribution in [1.29, 1.82) is 0 Å². The number of hydrogen-bond donors (Lipinski definition) is 5. The van der Waals surface area contributed by atoms with Crippen molar-refractivity contribution < 1.29 is 46.8 Å². The predicted molar refractivity (Wildman–Crippen MR) is 108 cm³/mol. The molecule has 5 N–H and O–H groups in total. The molecule has 32 heavy (non-hydrogen) atoms. The second kappa shape index (κ2) is 6.64. The fraction of sp³-hybridized carbons (Fsp3) is 0.409. The number of carbonyl (C=O) groups excluding carboxylic acids is 3. The Morgan fingerprint density at radius 2 is 1.88 bits per heavy atom. The summed E-state index contributed by atoms with van der Waals surface area (Å²) in [5, 5.41) is 56.4. The van der Waals surface area contributed by atoms with Gasteiger partial charge in [0, 0.05) is 18.8 Å². The molecule has 3 unspecified atom stereocenters. The molecule has 4 aliphatic rings. The lowest BCUT2D eigenvalue weighted by molar-refractivity contribution is -0.139. The van der Waals surface area contributed by atoms with Crippen molar-refractivity contribution in [3.8, 4) is 0 Å². The van der Waals surface area contributed by atoms with Crippen LogP contribution in [0.2, 0.25) is 0 Å². The van der Waals surface area contributed by atoms with Gasteiger partial charge in [-0.25, -0.2) is 0 Å². The van der Waals surface area contributed by atoms with Crippen molar-refractivity contribution >= 4 is 17.5 Å². The summed E-state index contributed by atoms with van der Waals surface area (Å²) < 4.78 is 42.0. The third-order valence-corrected chi connectivity index (χ3v) is 6.28. The van der Waals surface area contributed by atoms with Crippen molar-refractivity contribution in [3.05, 3.63) is 57.7 Å². The minimum atomic E-state index is -3.25. The average molecular weight is 447 g/mol. The monoisotopic (exact) mass is 447 g/mol. The van der Waals surface area contributed by atoms with Crippen LogP contribution in [0.15, 0.2) is 57.7 Å². The van der Waals surface area contributed by atoms with Crippen LogP contribution in [-0.2, 0) is 14.4 Å². The molecule has 1 amide bonds. The fourth-order valence-corrected chi connectivity index (χ4v) is 4.77. The largest absolute Gasteiger partial charge is 0.508 e. The van der Waals surface area contributed by atoms with Gasteiger partial charge in [0.2, 0.25) is 0 Å². The van der Waals surface area contributed by atoms with E-state index in [1.54, 1.807) is 0 Å². The molecule has 5 atom stereocenters. The molecule has 168 valence electrons. The maximum Gasteiger partial charge on any atom is 0.302 e. The highest BCUT2D eigenvalue weighted by molar-refractivity contribution is 6.22. The van der Waals surface area contributed by atoms with Gasteiger partial charge in [-0.15, -0.1) is 5.73 Å². The van der Waals surface area contributed by atoms with E-state index in [0.29, 0.717) is 0 Å². The van der Waals surface area contributed by atoms with Gasteiger partial charge in [0.25, 0.3) is 0 Å². The minimum absolute atomic E-state index is 0.721. The molecule has 0 spiro atoms. The SMILES string of the molecule is [2H]C1=C([2H])C([2H])=C2C(=C(O)C3=C(O)[C@]4(O)C(O)=C(C([N])=O)C(=O)C([2H])(N(C)C)C4CC3([2H])[C@]2(C)O)C1=O. The second-order valence-electron chi connectivity index (χ2n) is 8.24. The fourth-order valence-electron chi connectivity index (χ4n) is 4.77. The van der Waals surface area contributed by atoms with Gasteiger partial charge in [-0.05, 0) is 39.1 Å². The zero-order valence-electron chi connectivity index (χ0n) is 22.1. The van der Waals surface area contributed by atoms with Crippen LogP contribution in [0.25, 0.3) is 0 Å². The number of aliphatic hydroxyl groups excluding tert-OH is 3. The average Bonchev–Trinajstić information content (AvgIpc) is 2.79. The first-order valence-corrected chi connectivity index (χ1v) is 9.41. The molecule has 0 aromatic carbocycles. The molecule has 4 rings (SSSR count). The van der Waals surface area contributed by atoms with Crippen LogP contribution in [0.1, 0.15) is 20.2 Å². The van der Waals surface area contributed by atoms with E-state index in [1.807, 2.05) is 0 Å². The molecular weight excluding hydrogens is 420 g/mol. The van der Waals surface area contributed by atoms with E-state index < -0.39 is 111 Å². The zero-order valence-corrected chi connectivity index (χ0v) is 17.1. The summed E-state index contributed by atoms with van der Waals surface area (Å²) in [5.41, 5.74) is -0.473. The van der Waals surface area contributed by atoms with Crippen molar-refractivity contribution in [3.63, 3.8) is 0 Å². The van der Waals surface area contributed by atoms with E-state index in [9.17, 15) is 47.0 Å². The molecule has 10 nitrogen and oxygen atoms in total. The van der Waals surface area contributed by atoms with Crippen LogP contribution >= 0.6 is 0 Å². The first kappa shape index (κ1) is 16.4. The lowest BCUT2D eigenvalue weighted by Crippen LogP contribution is -2.64. The van der Waals surface area contributed by atoms with Gasteiger partial charge >= 0.3 is 5.91 Å². The first-order valence-electron chi connectivity index (χ1n) is 11.9. The van der Waals surface area contributed by atoms with E-state index in [0.717, 1.165) is 11.8 Å². The Labute approximate surface area is 190 Å². The van der Waals surface area contributed by atoms with Gasteiger partial charge in [0.15, 0.2) is 17.2 Å². The van der Waals surface area contributed by atoms with E-state index >= 15 is 0 Å². The van der Waals surface area contributed by atoms with Crippen LogP contribution in [0.4, 0.5) is 0 Å². The number of carbonyl (C=O) groups is 3. The van der Waals surface area contributed by atoms with E-state index in [4.69, 9.17) is 5.48 Å². The highest BCUT2D eigenvalue weighted by atomic mass is 16.4. The molecule has 0 aromatic rings. The molecule has 0 saturated heterocycles. The molecule has 0 aromatic heterocycles. The molecular formula is C22H22N2O8. The van der Waals surface area contributed by atoms with Gasteiger partial charge in [-0.2, -0.15) is 0 Å². The van der Waals surface area contributed by atoms with Crippen LogP contribution in [-0.4, -0.2) is 79.2 Å². The van der Waals surface area contributed by atoms with Crippen molar-refractivity contribution in [1.82, 2.24) is 10.6 Å². The normalized spacial score (nSPS) is 44.6. The minimum Gasteiger partial charge on any atom is -0.508 e. The molecule has 2 radical (unpaired) electrons. The zero-order chi connectivity index (χ0) is 28.4. The van der Waals surface area contributed by atoms with Gasteiger partial charge < -0.3 is 25.5 Å². The standard InChI is InChI=1S/C22H22N2O8/c1-21(31)8-5-4-6-11(25)12(8)16(26)13-9(21)7-10-15(24(2)3)17(27)14(20(23)30)19(29)22(10,32)18(13)28/h4-6,9-10,15,26,28-29,31-32H,7H2,1-3H3/t9?,10?,15?,21-,22+/m1/s1/i4D,5D,6D,9D,15D. The summed E-state index contributed by atoms with van der Waals surface area (Å²) in [6, 6.07) is -5.56. The first-order chi connectivity index (χ1) is 16.7. The van der Waals surface area contributed by atoms with Crippen LogP contribution < -0.4 is 5.73 Å². The highest BCUT2D eigenvalue weighted by Gasteiger charge is 2.65. The maximum absolute atomic E-state index is 13.2. The number of hydrogen-bond acceptors (Lipinski definition) is 9. The maximum atomic E-state index is 13.2. The highest BCUT2D eigenvalue weighted by Crippen LogP contribution is 2.57. The molecule has 0 heterocycles.